The van der Waals surface area contributed by atoms with Crippen molar-refractivity contribution >= 4 is 11.7 Å². The highest BCUT2D eigenvalue weighted by molar-refractivity contribution is 5.87. The second-order valence-corrected chi connectivity index (χ2v) is 8.65. The maximum atomic E-state index is 12.8. The van der Waals surface area contributed by atoms with Crippen LogP contribution in [0.25, 0.3) is 5.76 Å². The van der Waals surface area contributed by atoms with E-state index < -0.39 is 5.41 Å². The van der Waals surface area contributed by atoms with Gasteiger partial charge in [0.25, 0.3) is 0 Å². The number of carbonyl (C=O) groups excluding carboxylic acids is 1. The third-order valence-corrected chi connectivity index (χ3v) is 5.95. The third-order valence-electron chi connectivity index (χ3n) is 5.95. The number of hydrogen-bond acceptors (Lipinski definition) is 4. The highest BCUT2D eigenvalue weighted by atomic mass is 16.5. The van der Waals surface area contributed by atoms with E-state index in [1.807, 2.05) is 68.4 Å². The second kappa shape index (κ2) is 8.91. The maximum Gasteiger partial charge on any atom is 0.317 e. The maximum absolute atomic E-state index is 12.8. The zero-order chi connectivity index (χ0) is 22.7. The molecule has 3 aromatic rings. The van der Waals surface area contributed by atoms with Crippen LogP contribution in [0.4, 0.5) is 0 Å². The van der Waals surface area contributed by atoms with Crippen LogP contribution in [0.3, 0.4) is 0 Å². The minimum atomic E-state index is -0.620. The van der Waals surface area contributed by atoms with Crippen LogP contribution in [-0.2, 0) is 9.53 Å². The van der Waals surface area contributed by atoms with E-state index in [0.717, 1.165) is 33.8 Å². The predicted molar refractivity (Wildman–Crippen MR) is 126 cm³/mol. The van der Waals surface area contributed by atoms with Crippen molar-refractivity contribution in [3.8, 4) is 11.5 Å². The minimum Gasteiger partial charge on any atom is -0.497 e. The van der Waals surface area contributed by atoms with Crippen molar-refractivity contribution in [3.63, 3.8) is 0 Å². The van der Waals surface area contributed by atoms with E-state index >= 15 is 0 Å². The zero-order valence-corrected chi connectivity index (χ0v) is 18.9. The van der Waals surface area contributed by atoms with Gasteiger partial charge in [-0.25, -0.2) is 0 Å². The van der Waals surface area contributed by atoms with Crippen LogP contribution in [0.2, 0.25) is 0 Å². The highest BCUT2D eigenvalue weighted by Gasteiger charge is 2.40. The summed E-state index contributed by atoms with van der Waals surface area (Å²) in [6.45, 7) is 3.88. The molecule has 4 heteroatoms. The lowest BCUT2D eigenvalue weighted by Gasteiger charge is -2.35. The Morgan fingerprint density at radius 2 is 1.28 bits per heavy atom. The summed E-state index contributed by atoms with van der Waals surface area (Å²) < 4.78 is 16.7. The minimum absolute atomic E-state index is 0.0885. The average molecular weight is 429 g/mol. The average Bonchev–Trinajstić information content (AvgIpc) is 2.82. The first-order valence-electron chi connectivity index (χ1n) is 10.7. The van der Waals surface area contributed by atoms with Gasteiger partial charge >= 0.3 is 5.97 Å². The number of esters is 1. The topological polar surface area (TPSA) is 44.8 Å². The van der Waals surface area contributed by atoms with E-state index in [2.05, 4.69) is 24.3 Å². The van der Waals surface area contributed by atoms with Crippen molar-refractivity contribution in [2.45, 2.75) is 26.2 Å². The van der Waals surface area contributed by atoms with Gasteiger partial charge in [0.1, 0.15) is 17.3 Å². The fourth-order valence-electron chi connectivity index (χ4n) is 4.18. The Kier molecular flexibility index (Phi) is 6.04. The zero-order valence-electron chi connectivity index (χ0n) is 18.9. The summed E-state index contributed by atoms with van der Waals surface area (Å²) in [5.41, 5.74) is 3.57. The first-order valence-corrected chi connectivity index (χ1v) is 10.7. The lowest BCUT2D eigenvalue weighted by molar-refractivity contribution is -0.147. The van der Waals surface area contributed by atoms with Crippen molar-refractivity contribution in [2.24, 2.45) is 5.41 Å². The lowest BCUT2D eigenvalue weighted by atomic mass is 9.74. The van der Waals surface area contributed by atoms with Crippen molar-refractivity contribution in [2.75, 3.05) is 14.2 Å². The summed E-state index contributed by atoms with van der Waals surface area (Å²) in [6, 6.07) is 26.0. The number of hydrogen-bond donors (Lipinski definition) is 0. The smallest absolute Gasteiger partial charge is 0.317 e. The molecule has 0 fully saturated rings. The molecule has 0 amide bonds. The molecule has 0 spiro atoms. The molecule has 32 heavy (non-hydrogen) atoms. The van der Waals surface area contributed by atoms with Gasteiger partial charge in [0.2, 0.25) is 0 Å². The highest BCUT2D eigenvalue weighted by Crippen LogP contribution is 2.47. The number of benzene rings is 3. The molecule has 3 aromatic carbocycles. The summed E-state index contributed by atoms with van der Waals surface area (Å²) in [7, 11) is 3.32. The lowest BCUT2D eigenvalue weighted by Crippen LogP contribution is -2.33. The van der Waals surface area contributed by atoms with Crippen LogP contribution in [-0.4, -0.2) is 20.2 Å². The number of rotatable bonds is 6. The van der Waals surface area contributed by atoms with E-state index in [1.165, 1.54) is 0 Å². The molecule has 1 aliphatic heterocycles. The Morgan fingerprint density at radius 3 is 1.75 bits per heavy atom. The van der Waals surface area contributed by atoms with Gasteiger partial charge in [0.05, 0.1) is 19.6 Å². The van der Waals surface area contributed by atoms with E-state index in [0.29, 0.717) is 12.2 Å². The molecule has 164 valence electrons. The summed E-state index contributed by atoms with van der Waals surface area (Å²) in [6.07, 6.45) is 0.596. The Balaban J connectivity index is 1.94. The molecule has 0 radical (unpaired) electrons. The Labute approximate surface area is 189 Å². The van der Waals surface area contributed by atoms with Gasteiger partial charge in [0.15, 0.2) is 0 Å². The van der Waals surface area contributed by atoms with E-state index in [-0.39, 0.29) is 11.9 Å². The number of methoxy groups -OCH3 is 2. The molecule has 1 aliphatic rings. The molecule has 0 aliphatic carbocycles. The fourth-order valence-corrected chi connectivity index (χ4v) is 4.18. The number of ether oxygens (including phenoxy) is 3. The van der Waals surface area contributed by atoms with Crippen molar-refractivity contribution in [3.05, 3.63) is 101 Å². The molecule has 4 rings (SSSR count). The molecule has 0 aromatic heterocycles. The number of cyclic esters (lactones) is 1. The standard InChI is InChI=1S/C28H28O4/c1-28(2)18-24(26(32-27(28)29)21-8-6-5-7-9-21)25(19-10-14-22(30-3)15-11-19)20-12-16-23(31-4)17-13-20/h5-17,25H,18H2,1-4H3. The van der Waals surface area contributed by atoms with Gasteiger partial charge in [-0.2, -0.15) is 0 Å². The molecular weight excluding hydrogens is 400 g/mol. The van der Waals surface area contributed by atoms with E-state index in [1.54, 1.807) is 14.2 Å². The monoisotopic (exact) mass is 428 g/mol. The quantitative estimate of drug-likeness (QED) is 0.437. The van der Waals surface area contributed by atoms with Crippen LogP contribution in [0, 0.1) is 5.41 Å². The van der Waals surface area contributed by atoms with Crippen molar-refractivity contribution in [1.29, 1.82) is 0 Å². The number of carbonyl (C=O) groups is 1. The second-order valence-electron chi connectivity index (χ2n) is 8.65. The Hall–Kier alpha value is -3.53. The van der Waals surface area contributed by atoms with Gasteiger partial charge < -0.3 is 14.2 Å². The van der Waals surface area contributed by atoms with Crippen molar-refractivity contribution < 1.29 is 19.0 Å². The van der Waals surface area contributed by atoms with Crippen LogP contribution < -0.4 is 9.47 Å². The molecule has 0 bridgehead atoms. The van der Waals surface area contributed by atoms with Gasteiger partial charge in [-0.05, 0) is 61.2 Å². The molecule has 0 unspecified atom stereocenters. The van der Waals surface area contributed by atoms with Crippen LogP contribution >= 0.6 is 0 Å². The first-order chi connectivity index (χ1) is 15.4. The Morgan fingerprint density at radius 1 is 0.781 bits per heavy atom. The van der Waals surface area contributed by atoms with Gasteiger partial charge in [-0.1, -0.05) is 54.6 Å². The number of allylic oxidation sites excluding steroid dienone is 1. The summed E-state index contributed by atoms with van der Waals surface area (Å²) in [5, 5.41) is 0. The fraction of sp³-hybridized carbons (Fsp3) is 0.250. The van der Waals surface area contributed by atoms with Crippen LogP contribution in [0.1, 0.15) is 42.9 Å². The third kappa shape index (κ3) is 4.26. The normalized spacial score (nSPS) is 15.5. The van der Waals surface area contributed by atoms with Gasteiger partial charge in [0, 0.05) is 11.5 Å². The van der Waals surface area contributed by atoms with Crippen molar-refractivity contribution in [1.82, 2.24) is 0 Å². The summed E-state index contributed by atoms with van der Waals surface area (Å²) >= 11 is 0. The molecule has 1 heterocycles. The van der Waals surface area contributed by atoms with Gasteiger partial charge in [-0.15, -0.1) is 0 Å². The molecule has 0 saturated carbocycles. The first kappa shape index (κ1) is 21.7. The van der Waals surface area contributed by atoms with E-state index in [9.17, 15) is 4.79 Å². The van der Waals surface area contributed by atoms with E-state index in [4.69, 9.17) is 14.2 Å². The van der Waals surface area contributed by atoms with Crippen LogP contribution in [0.15, 0.2) is 84.4 Å². The largest absolute Gasteiger partial charge is 0.497 e. The summed E-state index contributed by atoms with van der Waals surface area (Å²) in [4.78, 5) is 12.8. The molecular formula is C28H28O4. The molecule has 4 nitrogen and oxygen atoms in total. The van der Waals surface area contributed by atoms with Crippen LogP contribution in [0.5, 0.6) is 11.5 Å². The Bertz CT molecular complexity index is 1060. The predicted octanol–water partition coefficient (Wildman–Crippen LogP) is 6.22. The summed E-state index contributed by atoms with van der Waals surface area (Å²) in [5.74, 6) is 1.95. The molecule has 0 N–H and O–H groups in total. The molecule has 0 saturated heterocycles. The SMILES string of the molecule is COc1ccc(C(C2=C(c3ccccc3)OC(=O)C(C)(C)C2)c2ccc(OC)cc2)cc1. The van der Waals surface area contributed by atoms with Gasteiger partial charge in [-0.3, -0.25) is 4.79 Å². The molecule has 0 atom stereocenters.